The molecule has 2 amide bonds. The largest absolute Gasteiger partial charge is 0.437 e. The van der Waals surface area contributed by atoms with Crippen molar-refractivity contribution in [3.63, 3.8) is 0 Å². The van der Waals surface area contributed by atoms with Gasteiger partial charge in [-0.2, -0.15) is 30.7 Å². The maximum Gasteiger partial charge on any atom is 0.248 e. The number of aromatic nitrogens is 6. The summed E-state index contributed by atoms with van der Waals surface area (Å²) in [4.78, 5) is 65.9. The quantitative estimate of drug-likeness (QED) is 0.0443. The van der Waals surface area contributed by atoms with Crippen LogP contribution in [-0.2, 0) is 38.9 Å². The van der Waals surface area contributed by atoms with Gasteiger partial charge in [-0.15, -0.1) is 35.3 Å². The van der Waals surface area contributed by atoms with E-state index in [9.17, 15) is 25.4 Å². The molecule has 0 bridgehead atoms. The van der Waals surface area contributed by atoms with E-state index in [2.05, 4.69) is 59.8 Å². The molecule has 3 saturated heterocycles. The van der Waals surface area contributed by atoms with Crippen molar-refractivity contribution in [1.29, 1.82) is 15.8 Å². The number of aryl methyl sites for hydroxylation is 9. The molecule has 3 fully saturated rings. The van der Waals surface area contributed by atoms with Crippen LogP contribution in [0.25, 0.3) is 4.85 Å². The van der Waals surface area contributed by atoms with Crippen molar-refractivity contribution >= 4 is 70.6 Å². The van der Waals surface area contributed by atoms with E-state index in [4.69, 9.17) is 62.2 Å². The molecule has 580 valence electrons. The summed E-state index contributed by atoms with van der Waals surface area (Å²) in [5.74, 6) is 8.15. The van der Waals surface area contributed by atoms with Gasteiger partial charge >= 0.3 is 0 Å². The fraction of sp³-hybridized carbons (Fsp3) is 0.379. The predicted octanol–water partition coefficient (Wildman–Crippen LogP) is 16.4. The monoisotopic (exact) mass is 1570 g/mol. The number of hydrogen-bond acceptors (Lipinski definition) is 23. The molecule has 0 atom stereocenters. The number of fused-ring (bicyclic) bond motifs is 3. The van der Waals surface area contributed by atoms with Crippen molar-refractivity contribution in [1.82, 2.24) is 44.6 Å². The summed E-state index contributed by atoms with van der Waals surface area (Å²) < 4.78 is 19.3. The standard InChI is InChI=1S/2C29H32N6O2S.C29H30N6OS/c1-18-13-21(16-30)14-19(2)25(18)37-28-26-24(7-4-12-38-26)33-29(34-28)32-23-8-10-35(11-9-23)17-20-5-3-6-22(15-20)27(31)36;1-18-14-21(16-30)15-19(2)25(18)37-28-26-24(4-3-13-38-26)33-29(34-28)32-23-9-11-35(12-10-23)17-20-5-7-22(8-6-20)27(31)36;1-19-15-21(17-30)16-20(2)26(19)36-28-27-25(9-6-14-37-27)33-29(34-28)32-23-10-12-35(13-11-23)18-22-7-4-5-8-24(22)31-3/h3,5-6,13-15,23H,4,7-12,17H2,1-2H3,(H2,31,36)(H,32,33,34);5-8,14-15,23H,3-4,9-13,17H2,1-2H3,(H2,31,36)(H,32,33,34);4-5,7-8,15-16,23H,6,9-14,18H2,1-2H3,(H,32,33,34). The van der Waals surface area contributed by atoms with Crippen LogP contribution in [0.4, 0.5) is 23.5 Å². The zero-order chi connectivity index (χ0) is 79.1. The van der Waals surface area contributed by atoms with E-state index in [1.165, 1.54) is 5.56 Å². The fourth-order valence-corrected chi connectivity index (χ4v) is 18.2. The van der Waals surface area contributed by atoms with Crippen LogP contribution in [0.2, 0.25) is 0 Å². The number of piperidine rings is 3. The molecule has 15 rings (SSSR count). The minimum Gasteiger partial charge on any atom is -0.437 e. The second kappa shape index (κ2) is 37.7. The van der Waals surface area contributed by atoms with Gasteiger partial charge in [0.1, 0.15) is 17.2 Å². The Morgan fingerprint density at radius 2 is 0.814 bits per heavy atom. The van der Waals surface area contributed by atoms with Gasteiger partial charge in [-0.05, 0) is 247 Å². The predicted molar refractivity (Wildman–Crippen MR) is 444 cm³/mol. The van der Waals surface area contributed by atoms with E-state index in [0.29, 0.717) is 63.3 Å². The number of nitrogens with two attached hydrogens (primary N) is 2. The first-order valence-electron chi connectivity index (χ1n) is 38.7. The van der Waals surface area contributed by atoms with Gasteiger partial charge < -0.3 is 46.5 Å². The maximum absolute atomic E-state index is 11.5. The first kappa shape index (κ1) is 80.2. The Morgan fingerprint density at radius 1 is 0.460 bits per heavy atom. The zero-order valence-electron chi connectivity index (χ0n) is 64.8. The summed E-state index contributed by atoms with van der Waals surface area (Å²) in [6, 6.07) is 41.5. The van der Waals surface area contributed by atoms with Gasteiger partial charge in [-0.25, -0.2) is 19.8 Å². The summed E-state index contributed by atoms with van der Waals surface area (Å²) in [6.07, 6.45) is 11.9. The van der Waals surface area contributed by atoms with Crippen molar-refractivity contribution in [2.45, 2.75) is 171 Å². The number of benzene rings is 6. The summed E-state index contributed by atoms with van der Waals surface area (Å²) in [5, 5.41) is 38.6. The van der Waals surface area contributed by atoms with Gasteiger partial charge in [0.05, 0.1) is 73.2 Å². The van der Waals surface area contributed by atoms with E-state index in [1.807, 2.05) is 126 Å². The lowest BCUT2D eigenvalue weighted by Gasteiger charge is -2.32. The Hall–Kier alpha value is -10.8. The number of nitrogens with one attached hydrogen (secondary N) is 3. The molecule has 9 heterocycles. The number of nitriles is 3. The van der Waals surface area contributed by atoms with E-state index in [-0.39, 0.29) is 18.1 Å². The molecule has 113 heavy (non-hydrogen) atoms. The molecule has 9 aromatic rings. The molecular formula is C87H94N18O5S3. The van der Waals surface area contributed by atoms with E-state index in [0.717, 1.165) is 252 Å². The Labute approximate surface area is 674 Å². The lowest BCUT2D eigenvalue weighted by molar-refractivity contribution is 0.0991. The molecule has 6 aliphatic rings. The number of para-hydroxylation sites is 1. The summed E-state index contributed by atoms with van der Waals surface area (Å²) in [7, 11) is 0. The average molecular weight is 1570 g/mol. The molecule has 7 N–H and O–H groups in total. The van der Waals surface area contributed by atoms with Crippen LogP contribution in [0.15, 0.2) is 124 Å². The van der Waals surface area contributed by atoms with Crippen LogP contribution >= 0.6 is 35.3 Å². The van der Waals surface area contributed by atoms with Crippen molar-refractivity contribution in [2.75, 3.05) is 72.5 Å². The molecule has 0 radical (unpaired) electrons. The topological polar surface area (TPSA) is 313 Å². The van der Waals surface area contributed by atoms with Gasteiger partial charge in [0.2, 0.25) is 47.3 Å². The number of thioether (sulfide) groups is 3. The second-order valence-corrected chi connectivity index (χ2v) is 33.0. The SMILES string of the molecule is Cc1cc(C#N)cc(C)c1Oc1nc(NC2CCN(Cc3ccc(C(N)=O)cc3)CC2)nc2c1SCCC2.Cc1cc(C#N)cc(C)c1Oc1nc(NC2CCN(Cc3cccc(C(N)=O)c3)CC2)nc2c1SCCC2.[C-]#[N+]c1ccccc1CN1CCC(Nc2nc3c(c(Oc4c(C)cc(C#N)cc4C)n2)SCCC3)CC1. The normalized spacial score (nSPS) is 15.9. The fourth-order valence-electron chi connectivity index (χ4n) is 15.2. The Kier molecular flexibility index (Phi) is 26.8. The summed E-state index contributed by atoms with van der Waals surface area (Å²) in [5.41, 5.74) is 26.5. The van der Waals surface area contributed by atoms with Crippen LogP contribution in [0.1, 0.15) is 162 Å². The number of carbonyl (C=O) groups is 2. The molecule has 0 spiro atoms. The molecule has 6 aliphatic heterocycles. The third-order valence-electron chi connectivity index (χ3n) is 21.0. The average Bonchev–Trinajstić information content (AvgIpc) is 0.798. The van der Waals surface area contributed by atoms with Crippen molar-refractivity contribution in [3.05, 3.63) is 216 Å². The molecule has 0 unspecified atom stereocenters. The number of anilines is 3. The van der Waals surface area contributed by atoms with E-state index >= 15 is 0 Å². The van der Waals surface area contributed by atoms with Gasteiger partial charge in [-0.3, -0.25) is 19.4 Å². The second-order valence-electron chi connectivity index (χ2n) is 29.7. The molecule has 26 heteroatoms. The number of likely N-dealkylation sites (tertiary alicyclic amines) is 3. The number of rotatable bonds is 20. The number of hydrogen-bond donors (Lipinski definition) is 5. The highest BCUT2D eigenvalue weighted by molar-refractivity contribution is 8.00. The number of amides is 2. The van der Waals surface area contributed by atoms with Gasteiger partial charge in [0, 0.05) is 88.2 Å². The molecule has 0 aliphatic carbocycles. The molecular weight excluding hydrogens is 1470 g/mol. The van der Waals surface area contributed by atoms with Gasteiger partial charge in [0.15, 0.2) is 5.69 Å². The van der Waals surface area contributed by atoms with Crippen LogP contribution < -0.4 is 41.6 Å². The zero-order valence-corrected chi connectivity index (χ0v) is 67.3. The lowest BCUT2D eigenvalue weighted by Crippen LogP contribution is -2.39. The van der Waals surface area contributed by atoms with E-state index in [1.54, 1.807) is 53.5 Å². The minimum absolute atomic E-state index is 0.267. The van der Waals surface area contributed by atoms with Crippen LogP contribution in [0, 0.1) is 82.1 Å². The van der Waals surface area contributed by atoms with Crippen LogP contribution in [0.3, 0.4) is 0 Å². The number of carbonyl (C=O) groups excluding carboxylic acids is 2. The molecule has 3 aromatic heterocycles. The van der Waals surface area contributed by atoms with Crippen LogP contribution in [-0.4, -0.2) is 131 Å². The van der Waals surface area contributed by atoms with Gasteiger partial charge in [0.25, 0.3) is 0 Å². The van der Waals surface area contributed by atoms with Crippen molar-refractivity contribution in [3.8, 4) is 53.1 Å². The Balaban J connectivity index is 0.000000148. The Bertz CT molecular complexity index is 5100. The first-order valence-corrected chi connectivity index (χ1v) is 41.7. The molecule has 0 saturated carbocycles. The third kappa shape index (κ3) is 20.7. The highest BCUT2D eigenvalue weighted by atomic mass is 32.2. The smallest absolute Gasteiger partial charge is 0.248 e. The minimum atomic E-state index is -0.401. The third-order valence-corrected chi connectivity index (χ3v) is 24.6. The maximum atomic E-state index is 11.5. The summed E-state index contributed by atoms with van der Waals surface area (Å²) in [6.45, 7) is 27.3. The van der Waals surface area contributed by atoms with Crippen LogP contribution in [0.5, 0.6) is 34.9 Å². The first-order chi connectivity index (χ1) is 54.8. The molecule has 23 nitrogen and oxygen atoms in total. The number of nitrogens with zero attached hydrogens (tertiary/aromatic N) is 13. The number of primary amides is 2. The lowest BCUT2D eigenvalue weighted by atomic mass is 10.0. The number of ether oxygens (including phenoxy) is 3. The highest BCUT2D eigenvalue weighted by Gasteiger charge is 2.30. The highest BCUT2D eigenvalue weighted by Crippen LogP contribution is 2.44. The van der Waals surface area contributed by atoms with Crippen molar-refractivity contribution in [2.24, 2.45) is 11.5 Å². The van der Waals surface area contributed by atoms with Crippen molar-refractivity contribution < 1.29 is 23.8 Å². The molecule has 6 aromatic carbocycles. The van der Waals surface area contributed by atoms with Gasteiger partial charge in [-0.1, -0.05) is 48.5 Å². The van der Waals surface area contributed by atoms with E-state index < -0.39 is 11.8 Å². The Morgan fingerprint density at radius 3 is 1.17 bits per heavy atom. The summed E-state index contributed by atoms with van der Waals surface area (Å²) >= 11 is 5.25.